The zero-order valence-electron chi connectivity index (χ0n) is 9.83. The van der Waals surface area contributed by atoms with Gasteiger partial charge < -0.3 is 10.1 Å². The van der Waals surface area contributed by atoms with Gasteiger partial charge in [-0.2, -0.15) is 0 Å². The standard InChI is InChI=1S/C14H19NO/c1-10-4-6-15-9-13(10)11-2-3-14-12(8-11)5-7-16-14/h2-3,8,10,13,15H,4-7,9H2,1H3. The van der Waals surface area contributed by atoms with Crippen LogP contribution in [-0.4, -0.2) is 19.7 Å². The summed E-state index contributed by atoms with van der Waals surface area (Å²) in [5.74, 6) is 2.57. The summed E-state index contributed by atoms with van der Waals surface area (Å²) < 4.78 is 5.55. The molecule has 2 heteroatoms. The first-order chi connectivity index (χ1) is 7.84. The van der Waals surface area contributed by atoms with Crippen LogP contribution in [0.4, 0.5) is 0 Å². The fraction of sp³-hybridized carbons (Fsp3) is 0.571. The molecule has 1 fully saturated rings. The van der Waals surface area contributed by atoms with Gasteiger partial charge in [0.25, 0.3) is 0 Å². The van der Waals surface area contributed by atoms with Crippen molar-refractivity contribution < 1.29 is 4.74 Å². The SMILES string of the molecule is CC1CCNCC1c1ccc2c(c1)CCO2. The van der Waals surface area contributed by atoms with Crippen molar-refractivity contribution in [2.75, 3.05) is 19.7 Å². The molecule has 2 nitrogen and oxygen atoms in total. The van der Waals surface area contributed by atoms with Crippen molar-refractivity contribution in [2.45, 2.75) is 25.7 Å². The summed E-state index contributed by atoms with van der Waals surface area (Å²) in [7, 11) is 0. The van der Waals surface area contributed by atoms with Gasteiger partial charge in [0, 0.05) is 13.0 Å². The first-order valence-corrected chi connectivity index (χ1v) is 6.31. The topological polar surface area (TPSA) is 21.3 Å². The Hall–Kier alpha value is -1.02. The van der Waals surface area contributed by atoms with E-state index in [-0.39, 0.29) is 0 Å². The number of benzene rings is 1. The van der Waals surface area contributed by atoms with Gasteiger partial charge in [-0.15, -0.1) is 0 Å². The summed E-state index contributed by atoms with van der Waals surface area (Å²) in [5, 5.41) is 3.50. The number of fused-ring (bicyclic) bond motifs is 1. The van der Waals surface area contributed by atoms with Gasteiger partial charge in [0.1, 0.15) is 5.75 Å². The number of hydrogen-bond donors (Lipinski definition) is 1. The highest BCUT2D eigenvalue weighted by atomic mass is 16.5. The molecule has 2 aliphatic rings. The number of nitrogens with one attached hydrogen (secondary N) is 1. The lowest BCUT2D eigenvalue weighted by molar-refractivity contribution is 0.347. The van der Waals surface area contributed by atoms with Crippen molar-refractivity contribution in [3.8, 4) is 5.75 Å². The van der Waals surface area contributed by atoms with Gasteiger partial charge in [-0.25, -0.2) is 0 Å². The monoisotopic (exact) mass is 217 g/mol. The molecule has 0 amide bonds. The van der Waals surface area contributed by atoms with E-state index >= 15 is 0 Å². The number of ether oxygens (including phenoxy) is 1. The molecule has 2 aliphatic heterocycles. The third-order valence-corrected chi connectivity index (χ3v) is 3.97. The Kier molecular flexibility index (Phi) is 2.60. The molecule has 2 atom stereocenters. The largest absolute Gasteiger partial charge is 0.493 e. The van der Waals surface area contributed by atoms with Crippen molar-refractivity contribution in [1.82, 2.24) is 5.32 Å². The van der Waals surface area contributed by atoms with E-state index in [1.165, 1.54) is 24.1 Å². The third kappa shape index (κ3) is 1.71. The first kappa shape index (κ1) is 10.2. The summed E-state index contributed by atoms with van der Waals surface area (Å²) in [4.78, 5) is 0. The van der Waals surface area contributed by atoms with Crippen LogP contribution >= 0.6 is 0 Å². The van der Waals surface area contributed by atoms with Crippen LogP contribution in [0.3, 0.4) is 0 Å². The zero-order chi connectivity index (χ0) is 11.0. The van der Waals surface area contributed by atoms with E-state index in [9.17, 15) is 0 Å². The van der Waals surface area contributed by atoms with E-state index in [0.29, 0.717) is 5.92 Å². The first-order valence-electron chi connectivity index (χ1n) is 6.31. The van der Waals surface area contributed by atoms with Crippen LogP contribution in [0.5, 0.6) is 5.75 Å². The molecule has 3 rings (SSSR count). The quantitative estimate of drug-likeness (QED) is 0.779. The van der Waals surface area contributed by atoms with Crippen LogP contribution in [0.15, 0.2) is 18.2 Å². The Morgan fingerprint density at radius 1 is 1.38 bits per heavy atom. The number of rotatable bonds is 1. The third-order valence-electron chi connectivity index (χ3n) is 3.97. The fourth-order valence-electron chi connectivity index (χ4n) is 2.87. The number of piperidine rings is 1. The van der Waals surface area contributed by atoms with E-state index in [2.05, 4.69) is 30.4 Å². The molecule has 0 saturated carbocycles. The van der Waals surface area contributed by atoms with Crippen molar-refractivity contribution in [3.05, 3.63) is 29.3 Å². The van der Waals surface area contributed by atoms with Crippen LogP contribution in [0.2, 0.25) is 0 Å². The summed E-state index contributed by atoms with van der Waals surface area (Å²) in [6.07, 6.45) is 2.37. The lowest BCUT2D eigenvalue weighted by Crippen LogP contribution is -2.33. The summed E-state index contributed by atoms with van der Waals surface area (Å²) in [6.45, 7) is 5.53. The van der Waals surface area contributed by atoms with E-state index in [0.717, 1.165) is 31.2 Å². The minimum atomic E-state index is 0.680. The highest BCUT2D eigenvalue weighted by Crippen LogP contribution is 2.33. The van der Waals surface area contributed by atoms with Crippen LogP contribution in [0, 0.1) is 5.92 Å². The second-order valence-corrected chi connectivity index (χ2v) is 5.04. The maximum atomic E-state index is 5.55. The van der Waals surface area contributed by atoms with Gasteiger partial charge in [0.15, 0.2) is 0 Å². The van der Waals surface area contributed by atoms with E-state index in [1.54, 1.807) is 0 Å². The fourth-order valence-corrected chi connectivity index (χ4v) is 2.87. The Balaban J connectivity index is 1.88. The molecule has 0 bridgehead atoms. The van der Waals surface area contributed by atoms with Crippen molar-refractivity contribution >= 4 is 0 Å². The minimum Gasteiger partial charge on any atom is -0.493 e. The van der Waals surface area contributed by atoms with Crippen LogP contribution in [0.1, 0.15) is 30.4 Å². The lowest BCUT2D eigenvalue weighted by atomic mass is 9.82. The highest BCUT2D eigenvalue weighted by molar-refractivity contribution is 5.41. The molecule has 1 N–H and O–H groups in total. The molecule has 0 aromatic heterocycles. The van der Waals surface area contributed by atoms with Gasteiger partial charge in [0.2, 0.25) is 0 Å². The average Bonchev–Trinajstić information content (AvgIpc) is 2.76. The van der Waals surface area contributed by atoms with E-state index in [4.69, 9.17) is 4.74 Å². The normalized spacial score (nSPS) is 28.6. The summed E-state index contributed by atoms with van der Waals surface area (Å²) in [5.41, 5.74) is 2.89. The maximum absolute atomic E-state index is 5.55. The van der Waals surface area contributed by atoms with Crippen LogP contribution in [-0.2, 0) is 6.42 Å². The van der Waals surface area contributed by atoms with Crippen molar-refractivity contribution in [3.63, 3.8) is 0 Å². The predicted molar refractivity (Wildman–Crippen MR) is 65.0 cm³/mol. The second-order valence-electron chi connectivity index (χ2n) is 5.04. The Morgan fingerprint density at radius 3 is 3.19 bits per heavy atom. The highest BCUT2D eigenvalue weighted by Gasteiger charge is 2.24. The van der Waals surface area contributed by atoms with E-state index in [1.807, 2.05) is 0 Å². The smallest absolute Gasteiger partial charge is 0.122 e. The Bertz CT molecular complexity index is 388. The Labute approximate surface area is 97.0 Å². The number of hydrogen-bond acceptors (Lipinski definition) is 2. The molecule has 86 valence electrons. The molecule has 0 spiro atoms. The molecule has 1 aromatic rings. The average molecular weight is 217 g/mol. The molecule has 1 saturated heterocycles. The maximum Gasteiger partial charge on any atom is 0.122 e. The van der Waals surface area contributed by atoms with Gasteiger partial charge >= 0.3 is 0 Å². The van der Waals surface area contributed by atoms with Gasteiger partial charge in [-0.1, -0.05) is 19.1 Å². The molecule has 0 aliphatic carbocycles. The molecule has 2 unspecified atom stereocenters. The van der Waals surface area contributed by atoms with Crippen LogP contribution < -0.4 is 10.1 Å². The molecular formula is C14H19NO. The zero-order valence-corrected chi connectivity index (χ0v) is 9.83. The molecule has 1 aromatic carbocycles. The molecule has 16 heavy (non-hydrogen) atoms. The Morgan fingerprint density at radius 2 is 2.31 bits per heavy atom. The lowest BCUT2D eigenvalue weighted by Gasteiger charge is -2.30. The summed E-state index contributed by atoms with van der Waals surface area (Å²) >= 11 is 0. The van der Waals surface area contributed by atoms with Crippen molar-refractivity contribution in [1.29, 1.82) is 0 Å². The molecule has 0 radical (unpaired) electrons. The predicted octanol–water partition coefficient (Wildman–Crippen LogP) is 2.33. The van der Waals surface area contributed by atoms with Gasteiger partial charge in [-0.3, -0.25) is 0 Å². The van der Waals surface area contributed by atoms with Gasteiger partial charge in [-0.05, 0) is 42.0 Å². The molecular weight excluding hydrogens is 198 g/mol. The van der Waals surface area contributed by atoms with Crippen molar-refractivity contribution in [2.24, 2.45) is 5.92 Å². The summed E-state index contributed by atoms with van der Waals surface area (Å²) in [6, 6.07) is 6.76. The minimum absolute atomic E-state index is 0.680. The van der Waals surface area contributed by atoms with E-state index < -0.39 is 0 Å². The van der Waals surface area contributed by atoms with Gasteiger partial charge in [0.05, 0.1) is 6.61 Å². The van der Waals surface area contributed by atoms with Crippen LogP contribution in [0.25, 0.3) is 0 Å². The molecule has 2 heterocycles. The second kappa shape index (κ2) is 4.10.